The molecule has 1 aromatic rings. The third-order valence-corrected chi connectivity index (χ3v) is 3.87. The number of carbonyl (C=O) groups excluding carboxylic acids is 1. The van der Waals surface area contributed by atoms with Gasteiger partial charge in [-0.15, -0.1) is 0 Å². The summed E-state index contributed by atoms with van der Waals surface area (Å²) < 4.78 is 1.84. The molecule has 1 aliphatic rings. The van der Waals surface area contributed by atoms with Crippen molar-refractivity contribution in [3.63, 3.8) is 0 Å². The molecule has 1 saturated heterocycles. The van der Waals surface area contributed by atoms with Crippen molar-refractivity contribution in [3.05, 3.63) is 17.5 Å². The highest BCUT2D eigenvalue weighted by atomic mass is 16.2. The van der Waals surface area contributed by atoms with E-state index in [1.807, 2.05) is 43.5 Å². The second-order valence-corrected chi connectivity index (χ2v) is 5.43. The molecule has 2 rings (SSSR count). The largest absolute Gasteiger partial charge is 0.337 e. The van der Waals surface area contributed by atoms with E-state index >= 15 is 0 Å². The Morgan fingerprint density at radius 1 is 1.58 bits per heavy atom. The molecule has 0 saturated carbocycles. The summed E-state index contributed by atoms with van der Waals surface area (Å²) in [5.74, 6) is 0.184. The van der Waals surface area contributed by atoms with Gasteiger partial charge in [0.2, 0.25) is 5.91 Å². The fourth-order valence-corrected chi connectivity index (χ4v) is 2.96. The minimum atomic E-state index is -0.217. The molecule has 2 atom stereocenters. The average Bonchev–Trinajstić information content (AvgIpc) is 2.94. The van der Waals surface area contributed by atoms with E-state index in [-0.39, 0.29) is 11.9 Å². The molecule has 2 heterocycles. The molecular weight excluding hydrogens is 240 g/mol. The zero-order valence-electron chi connectivity index (χ0n) is 12.3. The van der Waals surface area contributed by atoms with E-state index in [1.54, 1.807) is 0 Å². The van der Waals surface area contributed by atoms with Crippen molar-refractivity contribution in [2.24, 2.45) is 0 Å². The number of amides is 1. The lowest BCUT2D eigenvalue weighted by atomic mass is 10.2. The van der Waals surface area contributed by atoms with E-state index in [0.717, 1.165) is 37.3 Å². The van der Waals surface area contributed by atoms with Gasteiger partial charge in [0, 0.05) is 24.8 Å². The maximum atomic E-state index is 12.6. The Labute approximate surface area is 115 Å². The molecule has 5 heteroatoms. The molecule has 1 amide bonds. The normalized spacial score (nSPS) is 20.8. The Bertz CT molecular complexity index is 454. The minimum absolute atomic E-state index is 0.184. The van der Waals surface area contributed by atoms with E-state index in [2.05, 4.69) is 10.4 Å². The number of carbonyl (C=O) groups is 1. The smallest absolute Gasteiger partial charge is 0.247 e. The molecular formula is C14H24N4O. The summed E-state index contributed by atoms with van der Waals surface area (Å²) in [6, 6.07) is 2.13. The fourth-order valence-electron chi connectivity index (χ4n) is 2.96. The van der Waals surface area contributed by atoms with Gasteiger partial charge in [0.05, 0.1) is 5.69 Å². The summed E-state index contributed by atoms with van der Waals surface area (Å²) in [6.45, 7) is 7.64. The SMILES string of the molecule is CNC[C@H]1CCCN1C(=O)[C@H](C)n1nc(C)cc1C. The van der Waals surface area contributed by atoms with Gasteiger partial charge >= 0.3 is 0 Å². The van der Waals surface area contributed by atoms with Crippen LogP contribution in [-0.2, 0) is 4.79 Å². The zero-order chi connectivity index (χ0) is 14.0. The highest BCUT2D eigenvalue weighted by molar-refractivity contribution is 5.80. The number of hydrogen-bond donors (Lipinski definition) is 1. The number of aryl methyl sites for hydroxylation is 2. The highest BCUT2D eigenvalue weighted by Crippen LogP contribution is 2.22. The molecule has 106 valence electrons. The first-order chi connectivity index (χ1) is 9.04. The van der Waals surface area contributed by atoms with Gasteiger partial charge in [-0.2, -0.15) is 5.10 Å². The maximum Gasteiger partial charge on any atom is 0.247 e. The summed E-state index contributed by atoms with van der Waals surface area (Å²) in [4.78, 5) is 14.6. The van der Waals surface area contributed by atoms with E-state index in [9.17, 15) is 4.79 Å². The van der Waals surface area contributed by atoms with Gasteiger partial charge in [0.15, 0.2) is 0 Å². The van der Waals surface area contributed by atoms with Gasteiger partial charge in [0.1, 0.15) is 6.04 Å². The van der Waals surface area contributed by atoms with Crippen LogP contribution in [0.1, 0.15) is 37.2 Å². The first-order valence-electron chi connectivity index (χ1n) is 7.02. The van der Waals surface area contributed by atoms with Crippen molar-refractivity contribution < 1.29 is 4.79 Å². The summed E-state index contributed by atoms with van der Waals surface area (Å²) in [5, 5.41) is 7.60. The van der Waals surface area contributed by atoms with Crippen LogP contribution in [-0.4, -0.2) is 46.8 Å². The number of likely N-dealkylation sites (tertiary alicyclic amines) is 1. The van der Waals surface area contributed by atoms with Crippen LogP contribution in [0.25, 0.3) is 0 Å². The zero-order valence-corrected chi connectivity index (χ0v) is 12.3. The first kappa shape index (κ1) is 14.1. The molecule has 1 aromatic heterocycles. The van der Waals surface area contributed by atoms with Crippen molar-refractivity contribution in [2.45, 2.75) is 45.7 Å². The van der Waals surface area contributed by atoms with Gasteiger partial charge in [-0.3, -0.25) is 9.48 Å². The quantitative estimate of drug-likeness (QED) is 0.891. The number of nitrogens with zero attached hydrogens (tertiary/aromatic N) is 3. The molecule has 5 nitrogen and oxygen atoms in total. The number of hydrogen-bond acceptors (Lipinski definition) is 3. The Kier molecular flexibility index (Phi) is 4.24. The monoisotopic (exact) mass is 264 g/mol. The Hall–Kier alpha value is -1.36. The lowest BCUT2D eigenvalue weighted by Crippen LogP contribution is -2.44. The molecule has 0 radical (unpaired) electrons. The Balaban J connectivity index is 2.12. The van der Waals surface area contributed by atoms with Crippen LogP contribution in [0, 0.1) is 13.8 Å². The van der Waals surface area contributed by atoms with Gasteiger partial charge in [-0.05, 0) is 46.7 Å². The van der Waals surface area contributed by atoms with E-state index in [4.69, 9.17) is 0 Å². The van der Waals surface area contributed by atoms with Gasteiger partial charge < -0.3 is 10.2 Å². The third kappa shape index (κ3) is 2.81. The van der Waals surface area contributed by atoms with Crippen molar-refractivity contribution in [1.82, 2.24) is 20.0 Å². The summed E-state index contributed by atoms with van der Waals surface area (Å²) in [7, 11) is 1.94. The fraction of sp³-hybridized carbons (Fsp3) is 0.714. The average molecular weight is 264 g/mol. The van der Waals surface area contributed by atoms with Crippen molar-refractivity contribution in [3.8, 4) is 0 Å². The number of likely N-dealkylation sites (N-methyl/N-ethyl adjacent to an activating group) is 1. The Morgan fingerprint density at radius 2 is 2.32 bits per heavy atom. The van der Waals surface area contributed by atoms with E-state index in [0.29, 0.717) is 6.04 Å². The van der Waals surface area contributed by atoms with Gasteiger partial charge in [-0.25, -0.2) is 0 Å². The standard InChI is InChI=1S/C14H24N4O/c1-10-8-11(2)18(16-10)12(3)14(19)17-7-5-6-13(17)9-15-4/h8,12-13,15H,5-7,9H2,1-4H3/t12-,13+/m0/s1. The first-order valence-corrected chi connectivity index (χ1v) is 7.02. The molecule has 1 aliphatic heterocycles. The van der Waals surface area contributed by atoms with Gasteiger partial charge in [-0.1, -0.05) is 0 Å². The molecule has 0 bridgehead atoms. The topological polar surface area (TPSA) is 50.2 Å². The Morgan fingerprint density at radius 3 is 2.89 bits per heavy atom. The molecule has 19 heavy (non-hydrogen) atoms. The molecule has 0 aromatic carbocycles. The van der Waals surface area contributed by atoms with Crippen LogP contribution >= 0.6 is 0 Å². The van der Waals surface area contributed by atoms with Crippen LogP contribution in [0.3, 0.4) is 0 Å². The summed E-state index contributed by atoms with van der Waals surface area (Å²) >= 11 is 0. The predicted molar refractivity (Wildman–Crippen MR) is 75.1 cm³/mol. The van der Waals surface area contributed by atoms with E-state index < -0.39 is 0 Å². The number of rotatable bonds is 4. The molecule has 0 unspecified atom stereocenters. The predicted octanol–water partition coefficient (Wildman–Crippen LogP) is 1.27. The van der Waals surface area contributed by atoms with Crippen molar-refractivity contribution >= 4 is 5.91 Å². The second kappa shape index (κ2) is 5.74. The number of nitrogens with one attached hydrogen (secondary N) is 1. The van der Waals surface area contributed by atoms with Crippen LogP contribution in [0.4, 0.5) is 0 Å². The van der Waals surface area contributed by atoms with Crippen LogP contribution in [0.5, 0.6) is 0 Å². The van der Waals surface area contributed by atoms with E-state index in [1.165, 1.54) is 0 Å². The minimum Gasteiger partial charge on any atom is -0.337 e. The summed E-state index contributed by atoms with van der Waals surface area (Å²) in [5.41, 5.74) is 2.01. The molecule has 0 spiro atoms. The third-order valence-electron chi connectivity index (χ3n) is 3.87. The lowest BCUT2D eigenvalue weighted by Gasteiger charge is -2.28. The highest BCUT2D eigenvalue weighted by Gasteiger charge is 2.32. The van der Waals surface area contributed by atoms with Gasteiger partial charge in [0.25, 0.3) is 0 Å². The maximum absolute atomic E-state index is 12.6. The lowest BCUT2D eigenvalue weighted by molar-refractivity contribution is -0.135. The van der Waals surface area contributed by atoms with Crippen molar-refractivity contribution in [2.75, 3.05) is 20.1 Å². The molecule has 0 aliphatic carbocycles. The van der Waals surface area contributed by atoms with Crippen LogP contribution in [0.15, 0.2) is 6.07 Å². The molecule has 1 N–H and O–H groups in total. The van der Waals surface area contributed by atoms with Crippen LogP contribution < -0.4 is 5.32 Å². The second-order valence-electron chi connectivity index (χ2n) is 5.43. The van der Waals surface area contributed by atoms with Crippen LogP contribution in [0.2, 0.25) is 0 Å². The summed E-state index contributed by atoms with van der Waals surface area (Å²) in [6.07, 6.45) is 2.19. The number of aromatic nitrogens is 2. The molecule has 1 fully saturated rings. The van der Waals surface area contributed by atoms with Crippen molar-refractivity contribution in [1.29, 1.82) is 0 Å².